The number of hydrogen-bond donors (Lipinski definition) is 3. The third kappa shape index (κ3) is 24.3. The van der Waals surface area contributed by atoms with Crippen molar-refractivity contribution in [2.45, 2.75) is 161 Å². The van der Waals surface area contributed by atoms with E-state index in [0.29, 0.717) is 12.8 Å². The molecule has 2 atom stereocenters. The van der Waals surface area contributed by atoms with E-state index >= 15 is 0 Å². The van der Waals surface area contributed by atoms with Crippen molar-refractivity contribution in [2.24, 2.45) is 0 Å². The third-order valence-corrected chi connectivity index (χ3v) is 6.72. The molecule has 0 spiro atoms. The number of allylic oxidation sites excluding steroid dienone is 4. The Bertz CT molecular complexity index is 503. The fraction of sp³-hybridized carbons (Fsp3) is 0.839. The monoisotopic (exact) mass is 493 g/mol. The lowest BCUT2D eigenvalue weighted by molar-refractivity contribution is -0.123. The first-order valence-corrected chi connectivity index (χ1v) is 15.0. The summed E-state index contributed by atoms with van der Waals surface area (Å²) in [6.45, 7) is 4.20. The van der Waals surface area contributed by atoms with Crippen LogP contribution in [0.5, 0.6) is 0 Å². The molecule has 0 aliphatic carbocycles. The number of hydrogen-bond acceptors (Lipinski definition) is 3. The van der Waals surface area contributed by atoms with Crippen LogP contribution in [0.3, 0.4) is 0 Å². The Labute approximate surface area is 218 Å². The van der Waals surface area contributed by atoms with Crippen LogP contribution in [0.4, 0.5) is 0 Å². The third-order valence-electron chi connectivity index (χ3n) is 6.72. The van der Waals surface area contributed by atoms with Gasteiger partial charge in [-0.1, -0.05) is 122 Å². The Morgan fingerprint density at radius 1 is 0.686 bits per heavy atom. The number of aliphatic hydroxyl groups is 2. The lowest BCUT2D eigenvalue weighted by Crippen LogP contribution is -2.45. The molecular weight excluding hydrogens is 434 g/mol. The van der Waals surface area contributed by atoms with Gasteiger partial charge in [0, 0.05) is 6.42 Å². The zero-order valence-corrected chi connectivity index (χ0v) is 23.3. The number of aliphatic hydroxyl groups excluding tert-OH is 2. The maximum Gasteiger partial charge on any atom is 0.220 e. The first kappa shape index (κ1) is 33.9. The summed E-state index contributed by atoms with van der Waals surface area (Å²) in [5.74, 6) is -0.0475. The Morgan fingerprint density at radius 3 is 1.74 bits per heavy atom. The molecule has 0 rings (SSSR count). The molecule has 35 heavy (non-hydrogen) atoms. The van der Waals surface area contributed by atoms with E-state index in [4.69, 9.17) is 0 Å². The Hall–Kier alpha value is -1.13. The lowest BCUT2D eigenvalue weighted by atomic mass is 10.0. The molecule has 0 radical (unpaired) electrons. The fourth-order valence-electron chi connectivity index (χ4n) is 4.33. The zero-order valence-electron chi connectivity index (χ0n) is 23.3. The molecule has 0 aromatic heterocycles. The molecular formula is C31H59NO3. The summed E-state index contributed by atoms with van der Waals surface area (Å²) in [5, 5.41) is 22.5. The van der Waals surface area contributed by atoms with E-state index in [1.165, 1.54) is 77.0 Å². The molecule has 0 saturated heterocycles. The molecule has 2 unspecified atom stereocenters. The van der Waals surface area contributed by atoms with Gasteiger partial charge in [0.1, 0.15) is 0 Å². The highest BCUT2D eigenvalue weighted by atomic mass is 16.3. The molecule has 0 bridgehead atoms. The molecule has 0 saturated carbocycles. The van der Waals surface area contributed by atoms with Crippen molar-refractivity contribution in [3.8, 4) is 0 Å². The topological polar surface area (TPSA) is 69.6 Å². The van der Waals surface area contributed by atoms with Crippen molar-refractivity contribution in [1.82, 2.24) is 5.32 Å². The normalized spacial score (nSPS) is 13.6. The standard InChI is InChI=1S/C31H59NO3/c1-3-5-7-9-10-11-12-13-14-15-16-17-18-19-20-21-22-23-25-27-31(35)32-29(28-33)30(34)26-24-8-6-4-2/h10-11,13-14,29-30,33-34H,3-9,12,15-28H2,1-2H3,(H,32,35)/b11-10-,14-13-. The molecule has 4 heteroatoms. The van der Waals surface area contributed by atoms with E-state index in [9.17, 15) is 15.0 Å². The van der Waals surface area contributed by atoms with Crippen molar-refractivity contribution in [3.63, 3.8) is 0 Å². The van der Waals surface area contributed by atoms with Crippen molar-refractivity contribution < 1.29 is 15.0 Å². The van der Waals surface area contributed by atoms with E-state index in [0.717, 1.165) is 44.9 Å². The second kappa shape index (κ2) is 27.5. The number of nitrogens with one attached hydrogen (secondary N) is 1. The van der Waals surface area contributed by atoms with Crippen LogP contribution in [0.15, 0.2) is 24.3 Å². The van der Waals surface area contributed by atoms with Crippen LogP contribution < -0.4 is 5.32 Å². The summed E-state index contributed by atoms with van der Waals surface area (Å²) in [6, 6.07) is -0.531. The lowest BCUT2D eigenvalue weighted by Gasteiger charge is -2.22. The average molecular weight is 494 g/mol. The van der Waals surface area contributed by atoms with Gasteiger partial charge in [0.2, 0.25) is 5.91 Å². The van der Waals surface area contributed by atoms with Gasteiger partial charge < -0.3 is 15.5 Å². The van der Waals surface area contributed by atoms with Crippen LogP contribution in [0.1, 0.15) is 149 Å². The van der Waals surface area contributed by atoms with Crippen molar-refractivity contribution in [1.29, 1.82) is 0 Å². The molecule has 0 heterocycles. The predicted octanol–water partition coefficient (Wildman–Crippen LogP) is 8.17. The first-order chi connectivity index (χ1) is 17.2. The second-order valence-corrected chi connectivity index (χ2v) is 10.2. The van der Waals surface area contributed by atoms with Crippen LogP contribution in [0.2, 0.25) is 0 Å². The minimum absolute atomic E-state index is 0.0475. The maximum absolute atomic E-state index is 12.1. The first-order valence-electron chi connectivity index (χ1n) is 15.0. The van der Waals surface area contributed by atoms with Crippen LogP contribution in [-0.4, -0.2) is 34.9 Å². The van der Waals surface area contributed by atoms with Gasteiger partial charge in [0.25, 0.3) is 0 Å². The quantitative estimate of drug-likeness (QED) is 0.0840. The van der Waals surface area contributed by atoms with Gasteiger partial charge in [-0.25, -0.2) is 0 Å². The SMILES string of the molecule is CCCCC/C=C\C/C=C\CCCCCCCCCCCC(=O)NC(CO)C(O)CCCCCC. The Kier molecular flexibility index (Phi) is 26.6. The van der Waals surface area contributed by atoms with Crippen LogP contribution in [0.25, 0.3) is 0 Å². The summed E-state index contributed by atoms with van der Waals surface area (Å²) in [4.78, 5) is 12.1. The van der Waals surface area contributed by atoms with Gasteiger partial charge in [-0.3, -0.25) is 4.79 Å². The van der Waals surface area contributed by atoms with Crippen LogP contribution >= 0.6 is 0 Å². The number of amides is 1. The summed E-state index contributed by atoms with van der Waals surface area (Å²) in [5.41, 5.74) is 0. The molecule has 206 valence electrons. The molecule has 0 aromatic carbocycles. The van der Waals surface area contributed by atoms with Crippen LogP contribution in [-0.2, 0) is 4.79 Å². The van der Waals surface area contributed by atoms with Crippen LogP contribution in [0, 0.1) is 0 Å². The molecule has 1 amide bonds. The smallest absolute Gasteiger partial charge is 0.220 e. The van der Waals surface area contributed by atoms with E-state index in [1.807, 2.05) is 0 Å². The second-order valence-electron chi connectivity index (χ2n) is 10.2. The van der Waals surface area contributed by atoms with Gasteiger partial charge in [-0.05, 0) is 44.9 Å². The number of carbonyl (C=O) groups is 1. The molecule has 0 aromatic rings. The average Bonchev–Trinajstić information content (AvgIpc) is 2.86. The van der Waals surface area contributed by atoms with Gasteiger partial charge in [-0.2, -0.15) is 0 Å². The van der Waals surface area contributed by atoms with E-state index in [1.54, 1.807) is 0 Å². The number of unbranched alkanes of at least 4 members (excludes halogenated alkanes) is 15. The highest BCUT2D eigenvalue weighted by Crippen LogP contribution is 2.12. The largest absolute Gasteiger partial charge is 0.394 e. The van der Waals surface area contributed by atoms with Crippen molar-refractivity contribution in [3.05, 3.63) is 24.3 Å². The van der Waals surface area contributed by atoms with Gasteiger partial charge in [0.05, 0.1) is 18.8 Å². The molecule has 4 nitrogen and oxygen atoms in total. The van der Waals surface area contributed by atoms with E-state index in [2.05, 4.69) is 43.5 Å². The summed E-state index contributed by atoms with van der Waals surface area (Å²) < 4.78 is 0. The molecule has 0 aliphatic rings. The zero-order chi connectivity index (χ0) is 25.8. The molecule has 0 aliphatic heterocycles. The molecule has 3 N–H and O–H groups in total. The van der Waals surface area contributed by atoms with Gasteiger partial charge in [-0.15, -0.1) is 0 Å². The minimum atomic E-state index is -0.654. The van der Waals surface area contributed by atoms with Gasteiger partial charge >= 0.3 is 0 Å². The summed E-state index contributed by atoms with van der Waals surface area (Å²) >= 11 is 0. The maximum atomic E-state index is 12.1. The summed E-state index contributed by atoms with van der Waals surface area (Å²) in [7, 11) is 0. The summed E-state index contributed by atoms with van der Waals surface area (Å²) in [6.07, 6.45) is 32.5. The van der Waals surface area contributed by atoms with E-state index in [-0.39, 0.29) is 12.5 Å². The Morgan fingerprint density at radius 2 is 1.17 bits per heavy atom. The van der Waals surface area contributed by atoms with Gasteiger partial charge in [0.15, 0.2) is 0 Å². The van der Waals surface area contributed by atoms with Crippen molar-refractivity contribution >= 4 is 5.91 Å². The highest BCUT2D eigenvalue weighted by molar-refractivity contribution is 5.76. The fourth-order valence-corrected chi connectivity index (χ4v) is 4.33. The molecule has 0 fully saturated rings. The predicted molar refractivity (Wildman–Crippen MR) is 152 cm³/mol. The minimum Gasteiger partial charge on any atom is -0.394 e. The number of carbonyl (C=O) groups excluding carboxylic acids is 1. The highest BCUT2D eigenvalue weighted by Gasteiger charge is 2.19. The van der Waals surface area contributed by atoms with Crippen molar-refractivity contribution in [2.75, 3.05) is 6.61 Å². The number of rotatable bonds is 26. The van der Waals surface area contributed by atoms with E-state index < -0.39 is 12.1 Å². The Balaban J connectivity index is 3.50.